The molecule has 1 fully saturated rings. The largest absolute Gasteiger partial charge is 0.481 e. The molecule has 0 aliphatic heterocycles. The van der Waals surface area contributed by atoms with Crippen LogP contribution >= 0.6 is 11.6 Å². The Morgan fingerprint density at radius 1 is 1.35 bits per heavy atom. The molecule has 0 amide bonds. The van der Waals surface area contributed by atoms with Crippen molar-refractivity contribution in [1.82, 2.24) is 5.32 Å². The second-order valence-corrected chi connectivity index (χ2v) is 6.08. The SMILES string of the molecule is Cc1cc(CCNC2CCC(C(=O)O)CC2)ccc1Cl. The Morgan fingerprint density at radius 3 is 2.65 bits per heavy atom. The average Bonchev–Trinajstić information content (AvgIpc) is 2.43. The monoisotopic (exact) mass is 295 g/mol. The average molecular weight is 296 g/mol. The van der Waals surface area contributed by atoms with Crippen LogP contribution < -0.4 is 5.32 Å². The van der Waals surface area contributed by atoms with Crippen LogP contribution in [0.2, 0.25) is 5.02 Å². The number of rotatable bonds is 5. The van der Waals surface area contributed by atoms with Crippen LogP contribution in [0, 0.1) is 12.8 Å². The summed E-state index contributed by atoms with van der Waals surface area (Å²) in [7, 11) is 0. The molecule has 20 heavy (non-hydrogen) atoms. The first-order valence-electron chi connectivity index (χ1n) is 7.27. The molecule has 4 heteroatoms. The summed E-state index contributed by atoms with van der Waals surface area (Å²) in [6.45, 7) is 2.95. The molecule has 1 aromatic rings. The maximum absolute atomic E-state index is 10.9. The summed E-state index contributed by atoms with van der Waals surface area (Å²) in [4.78, 5) is 10.9. The fraction of sp³-hybridized carbons (Fsp3) is 0.562. The van der Waals surface area contributed by atoms with Gasteiger partial charge >= 0.3 is 5.97 Å². The van der Waals surface area contributed by atoms with Crippen LogP contribution in [0.5, 0.6) is 0 Å². The van der Waals surface area contributed by atoms with Gasteiger partial charge in [-0.25, -0.2) is 0 Å². The molecule has 0 heterocycles. The summed E-state index contributed by atoms with van der Waals surface area (Å²) in [6, 6.07) is 6.62. The highest BCUT2D eigenvalue weighted by atomic mass is 35.5. The Morgan fingerprint density at radius 2 is 2.05 bits per heavy atom. The molecule has 1 aliphatic carbocycles. The van der Waals surface area contributed by atoms with Gasteiger partial charge in [0.1, 0.15) is 0 Å². The topological polar surface area (TPSA) is 49.3 Å². The van der Waals surface area contributed by atoms with Crippen molar-refractivity contribution in [2.24, 2.45) is 5.92 Å². The second-order valence-electron chi connectivity index (χ2n) is 5.67. The minimum absolute atomic E-state index is 0.132. The molecule has 110 valence electrons. The molecule has 0 unspecified atom stereocenters. The third-order valence-electron chi connectivity index (χ3n) is 4.15. The van der Waals surface area contributed by atoms with Gasteiger partial charge in [-0.15, -0.1) is 0 Å². The van der Waals surface area contributed by atoms with Gasteiger partial charge in [0.15, 0.2) is 0 Å². The predicted molar refractivity (Wildman–Crippen MR) is 81.3 cm³/mol. The van der Waals surface area contributed by atoms with E-state index in [4.69, 9.17) is 16.7 Å². The van der Waals surface area contributed by atoms with Crippen LogP contribution in [0.4, 0.5) is 0 Å². The molecular weight excluding hydrogens is 274 g/mol. The van der Waals surface area contributed by atoms with E-state index >= 15 is 0 Å². The number of carbonyl (C=O) groups is 1. The second kappa shape index (κ2) is 7.09. The van der Waals surface area contributed by atoms with Gasteiger partial charge in [0.2, 0.25) is 0 Å². The highest BCUT2D eigenvalue weighted by Gasteiger charge is 2.25. The molecule has 2 rings (SSSR count). The van der Waals surface area contributed by atoms with E-state index in [1.807, 2.05) is 13.0 Å². The van der Waals surface area contributed by atoms with Crippen molar-refractivity contribution in [2.45, 2.75) is 45.1 Å². The van der Waals surface area contributed by atoms with E-state index in [-0.39, 0.29) is 5.92 Å². The van der Waals surface area contributed by atoms with Crippen LogP contribution in [0.3, 0.4) is 0 Å². The zero-order valence-corrected chi connectivity index (χ0v) is 12.6. The summed E-state index contributed by atoms with van der Waals surface area (Å²) in [5.41, 5.74) is 2.41. The van der Waals surface area contributed by atoms with Gasteiger partial charge in [-0.05, 0) is 62.8 Å². The molecule has 0 radical (unpaired) electrons. The summed E-state index contributed by atoms with van der Waals surface area (Å²) in [5.74, 6) is -0.771. The van der Waals surface area contributed by atoms with Crippen LogP contribution in [0.15, 0.2) is 18.2 Å². The Labute approximate surface area is 125 Å². The minimum Gasteiger partial charge on any atom is -0.481 e. The Kier molecular flexibility index (Phi) is 5.44. The Hall–Kier alpha value is -1.06. The molecule has 1 saturated carbocycles. The molecule has 0 saturated heterocycles. The number of hydrogen-bond acceptors (Lipinski definition) is 2. The molecule has 0 bridgehead atoms. The quantitative estimate of drug-likeness (QED) is 0.875. The summed E-state index contributed by atoms with van der Waals surface area (Å²) in [5, 5.41) is 13.3. The fourth-order valence-corrected chi connectivity index (χ4v) is 2.94. The summed E-state index contributed by atoms with van der Waals surface area (Å²) < 4.78 is 0. The minimum atomic E-state index is -0.639. The van der Waals surface area contributed by atoms with E-state index in [1.54, 1.807) is 0 Å². The highest BCUT2D eigenvalue weighted by Crippen LogP contribution is 2.24. The van der Waals surface area contributed by atoms with Gasteiger partial charge < -0.3 is 10.4 Å². The van der Waals surface area contributed by atoms with Crippen molar-refractivity contribution < 1.29 is 9.90 Å². The number of hydrogen-bond donors (Lipinski definition) is 2. The van der Waals surface area contributed by atoms with Gasteiger partial charge in [-0.2, -0.15) is 0 Å². The van der Waals surface area contributed by atoms with Crippen LogP contribution in [0.25, 0.3) is 0 Å². The van der Waals surface area contributed by atoms with Crippen molar-refractivity contribution in [3.63, 3.8) is 0 Å². The molecule has 0 aromatic heterocycles. The predicted octanol–water partition coefficient (Wildman–Crippen LogP) is 3.42. The molecule has 2 N–H and O–H groups in total. The van der Waals surface area contributed by atoms with Crippen molar-refractivity contribution in [3.05, 3.63) is 34.3 Å². The Bertz CT molecular complexity index is 468. The fourth-order valence-electron chi connectivity index (χ4n) is 2.83. The molecular formula is C16H22ClNO2. The summed E-state index contributed by atoms with van der Waals surface area (Å²) in [6.07, 6.45) is 4.52. The molecule has 1 aliphatic rings. The number of benzene rings is 1. The van der Waals surface area contributed by atoms with Crippen molar-refractivity contribution in [2.75, 3.05) is 6.54 Å². The van der Waals surface area contributed by atoms with E-state index in [0.29, 0.717) is 6.04 Å². The number of carboxylic acid groups (broad SMARTS) is 1. The molecule has 3 nitrogen and oxygen atoms in total. The van der Waals surface area contributed by atoms with Crippen molar-refractivity contribution >= 4 is 17.6 Å². The molecule has 0 atom stereocenters. The lowest BCUT2D eigenvalue weighted by Gasteiger charge is -2.27. The van der Waals surface area contributed by atoms with Crippen molar-refractivity contribution in [1.29, 1.82) is 0 Å². The maximum Gasteiger partial charge on any atom is 0.306 e. The highest BCUT2D eigenvalue weighted by molar-refractivity contribution is 6.31. The number of aliphatic carboxylic acids is 1. The van der Waals surface area contributed by atoms with E-state index in [0.717, 1.165) is 49.2 Å². The van der Waals surface area contributed by atoms with Gasteiger partial charge in [-0.1, -0.05) is 23.7 Å². The van der Waals surface area contributed by atoms with Crippen molar-refractivity contribution in [3.8, 4) is 0 Å². The van der Waals surface area contributed by atoms with Crippen LogP contribution in [-0.4, -0.2) is 23.7 Å². The number of carboxylic acids is 1. The molecule has 0 spiro atoms. The number of aryl methyl sites for hydroxylation is 1. The first kappa shape index (κ1) is 15.3. The molecule has 1 aromatic carbocycles. The van der Waals surface area contributed by atoms with E-state index in [9.17, 15) is 4.79 Å². The zero-order chi connectivity index (χ0) is 14.5. The summed E-state index contributed by atoms with van der Waals surface area (Å²) >= 11 is 6.01. The standard InChI is InChI=1S/C16H22ClNO2/c1-11-10-12(2-7-15(11)17)8-9-18-14-5-3-13(4-6-14)16(19)20/h2,7,10,13-14,18H,3-6,8-9H2,1H3,(H,19,20). The third-order valence-corrected chi connectivity index (χ3v) is 4.57. The normalized spacial score (nSPS) is 22.7. The number of halogens is 1. The number of nitrogens with one attached hydrogen (secondary N) is 1. The third kappa shape index (κ3) is 4.22. The van der Waals surface area contributed by atoms with Crippen LogP contribution in [0.1, 0.15) is 36.8 Å². The smallest absolute Gasteiger partial charge is 0.306 e. The lowest BCUT2D eigenvalue weighted by molar-refractivity contribution is -0.142. The lowest BCUT2D eigenvalue weighted by Crippen LogP contribution is -2.36. The van der Waals surface area contributed by atoms with Gasteiger partial charge in [0.05, 0.1) is 5.92 Å². The van der Waals surface area contributed by atoms with Gasteiger partial charge in [0.25, 0.3) is 0 Å². The first-order chi connectivity index (χ1) is 9.56. The lowest BCUT2D eigenvalue weighted by atomic mass is 9.86. The van der Waals surface area contributed by atoms with Crippen LogP contribution in [-0.2, 0) is 11.2 Å². The zero-order valence-electron chi connectivity index (χ0n) is 11.9. The first-order valence-corrected chi connectivity index (χ1v) is 7.65. The van der Waals surface area contributed by atoms with E-state index in [2.05, 4.69) is 17.4 Å². The maximum atomic E-state index is 10.9. The van der Waals surface area contributed by atoms with Gasteiger partial charge in [-0.3, -0.25) is 4.79 Å². The van der Waals surface area contributed by atoms with E-state index < -0.39 is 5.97 Å². The Balaban J connectivity index is 1.71. The van der Waals surface area contributed by atoms with E-state index in [1.165, 1.54) is 5.56 Å². The van der Waals surface area contributed by atoms with Gasteiger partial charge in [0, 0.05) is 11.1 Å².